The van der Waals surface area contributed by atoms with Crippen molar-refractivity contribution < 1.29 is 13.6 Å². The molecule has 154 valence electrons. The molecule has 29 heavy (non-hydrogen) atoms. The Morgan fingerprint density at radius 1 is 1.24 bits per heavy atom. The maximum absolute atomic E-state index is 13.8. The van der Waals surface area contributed by atoms with Crippen LogP contribution in [0, 0.1) is 0 Å². The number of amides is 1. The fraction of sp³-hybridized carbons (Fsp3) is 0.350. The number of carbonyl (C=O) groups is 1. The summed E-state index contributed by atoms with van der Waals surface area (Å²) in [5, 5.41) is 5.79. The van der Waals surface area contributed by atoms with Gasteiger partial charge in [0.25, 0.3) is 5.91 Å². The van der Waals surface area contributed by atoms with Crippen molar-refractivity contribution in [3.05, 3.63) is 45.8 Å². The van der Waals surface area contributed by atoms with E-state index in [4.69, 9.17) is 0 Å². The Morgan fingerprint density at radius 3 is 2.62 bits per heavy atom. The molecule has 2 aromatic heterocycles. The lowest BCUT2D eigenvalue weighted by Crippen LogP contribution is -2.23. The second kappa shape index (κ2) is 8.86. The van der Waals surface area contributed by atoms with E-state index in [1.54, 1.807) is 19.3 Å². The van der Waals surface area contributed by atoms with Crippen molar-refractivity contribution in [3.8, 4) is 0 Å². The maximum Gasteiger partial charge on any atom is 0.251 e. The Bertz CT molecular complexity index is 1050. The Morgan fingerprint density at radius 2 is 2.00 bits per heavy atom. The van der Waals surface area contributed by atoms with Crippen LogP contribution in [0.4, 0.5) is 20.3 Å². The van der Waals surface area contributed by atoms with Gasteiger partial charge >= 0.3 is 0 Å². The van der Waals surface area contributed by atoms with Crippen LogP contribution in [0.3, 0.4) is 0 Å². The topological polar surface area (TPSA) is 71.8 Å². The SMILES string of the molecule is CCNC(=O)c1cc(CF)c(CF)c(Nc2nc(Br)cc3ncn(C(C)C)c23)c1. The highest BCUT2D eigenvalue weighted by molar-refractivity contribution is 9.10. The summed E-state index contributed by atoms with van der Waals surface area (Å²) < 4.78 is 29.9. The fourth-order valence-corrected chi connectivity index (χ4v) is 3.54. The van der Waals surface area contributed by atoms with Gasteiger partial charge < -0.3 is 15.2 Å². The highest BCUT2D eigenvalue weighted by Crippen LogP contribution is 2.32. The van der Waals surface area contributed by atoms with Crippen molar-refractivity contribution in [2.45, 2.75) is 40.2 Å². The molecule has 0 radical (unpaired) electrons. The average Bonchev–Trinajstić information content (AvgIpc) is 3.11. The van der Waals surface area contributed by atoms with E-state index in [0.717, 1.165) is 5.52 Å². The molecule has 1 amide bonds. The van der Waals surface area contributed by atoms with E-state index in [0.29, 0.717) is 28.2 Å². The number of imidazole rings is 1. The number of fused-ring (bicyclic) bond motifs is 1. The third-order valence-electron chi connectivity index (χ3n) is 4.55. The molecule has 0 saturated carbocycles. The first-order valence-corrected chi connectivity index (χ1v) is 10.0. The first kappa shape index (κ1) is 21.2. The highest BCUT2D eigenvalue weighted by atomic mass is 79.9. The molecule has 3 rings (SSSR count). The Balaban J connectivity index is 2.18. The number of pyridine rings is 1. The van der Waals surface area contributed by atoms with Gasteiger partial charge in [-0.3, -0.25) is 4.79 Å². The lowest BCUT2D eigenvalue weighted by molar-refractivity contribution is 0.0955. The van der Waals surface area contributed by atoms with Crippen LogP contribution >= 0.6 is 15.9 Å². The van der Waals surface area contributed by atoms with Crippen molar-refractivity contribution in [1.82, 2.24) is 19.9 Å². The summed E-state index contributed by atoms with van der Waals surface area (Å²) in [4.78, 5) is 21.2. The summed E-state index contributed by atoms with van der Waals surface area (Å²) in [5.41, 5.74) is 2.28. The van der Waals surface area contributed by atoms with Gasteiger partial charge in [-0.2, -0.15) is 0 Å². The van der Waals surface area contributed by atoms with E-state index in [9.17, 15) is 13.6 Å². The van der Waals surface area contributed by atoms with Gasteiger partial charge in [-0.1, -0.05) is 0 Å². The van der Waals surface area contributed by atoms with E-state index in [1.165, 1.54) is 12.1 Å². The standard InChI is InChI=1S/C20H22BrF2N5O/c1-4-24-20(29)12-5-13(8-22)14(9-23)15(6-12)26-19-18-16(7-17(21)27-19)25-10-28(18)11(2)3/h5-7,10-11H,4,8-9H2,1-3H3,(H,24,29)(H,26,27). The molecule has 6 nitrogen and oxygen atoms in total. The molecule has 0 atom stereocenters. The predicted octanol–water partition coefficient (Wildman–Crippen LogP) is 5.21. The van der Waals surface area contributed by atoms with Crippen LogP contribution in [0.15, 0.2) is 29.1 Å². The van der Waals surface area contributed by atoms with E-state index in [-0.39, 0.29) is 28.6 Å². The molecule has 2 N–H and O–H groups in total. The normalized spacial score (nSPS) is 11.3. The number of aromatic nitrogens is 3. The minimum atomic E-state index is -0.883. The molecular weight excluding hydrogens is 444 g/mol. The Labute approximate surface area is 175 Å². The van der Waals surface area contributed by atoms with Crippen LogP contribution in [0.2, 0.25) is 0 Å². The monoisotopic (exact) mass is 465 g/mol. The highest BCUT2D eigenvalue weighted by Gasteiger charge is 2.18. The van der Waals surface area contributed by atoms with Crippen molar-refractivity contribution in [1.29, 1.82) is 0 Å². The number of nitrogens with zero attached hydrogens (tertiary/aromatic N) is 3. The zero-order valence-electron chi connectivity index (χ0n) is 16.4. The van der Waals surface area contributed by atoms with Crippen molar-refractivity contribution in [3.63, 3.8) is 0 Å². The largest absolute Gasteiger partial charge is 0.352 e. The van der Waals surface area contributed by atoms with Crippen LogP contribution in [0.1, 0.15) is 48.3 Å². The average molecular weight is 466 g/mol. The van der Waals surface area contributed by atoms with Gasteiger partial charge in [0.1, 0.15) is 23.5 Å². The van der Waals surface area contributed by atoms with E-state index in [1.807, 2.05) is 18.4 Å². The quantitative estimate of drug-likeness (QED) is 0.470. The van der Waals surface area contributed by atoms with Gasteiger partial charge in [0.2, 0.25) is 0 Å². The number of halogens is 3. The molecule has 2 heterocycles. The number of nitrogens with one attached hydrogen (secondary N) is 2. The lowest BCUT2D eigenvalue weighted by Gasteiger charge is -2.17. The molecule has 0 aliphatic rings. The summed E-state index contributed by atoms with van der Waals surface area (Å²) in [6.07, 6.45) is 1.71. The van der Waals surface area contributed by atoms with Crippen molar-refractivity contribution >= 4 is 44.4 Å². The number of anilines is 2. The molecular formula is C20H22BrF2N5O. The summed E-state index contributed by atoms with van der Waals surface area (Å²) >= 11 is 3.37. The fourth-order valence-electron chi connectivity index (χ4n) is 3.15. The third kappa shape index (κ3) is 4.24. The summed E-state index contributed by atoms with van der Waals surface area (Å²) in [6, 6.07) is 4.80. The first-order valence-electron chi connectivity index (χ1n) is 9.25. The zero-order chi connectivity index (χ0) is 21.1. The van der Waals surface area contributed by atoms with E-state index >= 15 is 0 Å². The summed E-state index contributed by atoms with van der Waals surface area (Å²) in [6.45, 7) is 4.48. The van der Waals surface area contributed by atoms with Gasteiger partial charge in [0.05, 0.1) is 11.8 Å². The molecule has 1 aromatic carbocycles. The smallest absolute Gasteiger partial charge is 0.251 e. The molecule has 0 spiro atoms. The van der Waals surface area contributed by atoms with Crippen LogP contribution in [-0.4, -0.2) is 27.0 Å². The number of carbonyl (C=O) groups excluding carboxylic acids is 1. The molecule has 9 heteroatoms. The van der Waals surface area contributed by atoms with Crippen LogP contribution in [-0.2, 0) is 13.3 Å². The molecule has 0 aliphatic heterocycles. The van der Waals surface area contributed by atoms with Crippen molar-refractivity contribution in [2.24, 2.45) is 0 Å². The van der Waals surface area contributed by atoms with Crippen molar-refractivity contribution in [2.75, 3.05) is 11.9 Å². The van der Waals surface area contributed by atoms with Gasteiger partial charge in [0, 0.05) is 29.4 Å². The van der Waals surface area contributed by atoms with Gasteiger partial charge in [0.15, 0.2) is 5.82 Å². The van der Waals surface area contributed by atoms with Crippen LogP contribution in [0.25, 0.3) is 11.0 Å². The maximum atomic E-state index is 13.8. The Hall–Kier alpha value is -2.55. The third-order valence-corrected chi connectivity index (χ3v) is 4.96. The summed E-state index contributed by atoms with van der Waals surface area (Å²) in [7, 11) is 0. The lowest BCUT2D eigenvalue weighted by atomic mass is 10.0. The summed E-state index contributed by atoms with van der Waals surface area (Å²) in [5.74, 6) is 0.0864. The van der Waals surface area contributed by atoms with Gasteiger partial charge in [-0.15, -0.1) is 0 Å². The van der Waals surface area contributed by atoms with Gasteiger partial charge in [-0.25, -0.2) is 18.7 Å². The number of rotatable bonds is 7. The molecule has 0 bridgehead atoms. The van der Waals surface area contributed by atoms with E-state index in [2.05, 4.69) is 36.5 Å². The number of hydrogen-bond acceptors (Lipinski definition) is 4. The second-order valence-electron chi connectivity index (χ2n) is 6.82. The molecule has 0 unspecified atom stereocenters. The number of benzene rings is 1. The number of hydrogen-bond donors (Lipinski definition) is 2. The minimum absolute atomic E-state index is 0.118. The van der Waals surface area contributed by atoms with Crippen LogP contribution in [0.5, 0.6) is 0 Å². The molecule has 0 aliphatic carbocycles. The minimum Gasteiger partial charge on any atom is -0.352 e. The predicted molar refractivity (Wildman–Crippen MR) is 113 cm³/mol. The molecule has 0 saturated heterocycles. The Kier molecular flexibility index (Phi) is 6.46. The van der Waals surface area contributed by atoms with Gasteiger partial charge in [-0.05, 0) is 60.5 Å². The first-order chi connectivity index (χ1) is 13.9. The zero-order valence-corrected chi connectivity index (χ0v) is 18.0. The second-order valence-corrected chi connectivity index (χ2v) is 7.63. The number of alkyl halides is 2. The molecule has 3 aromatic rings. The van der Waals surface area contributed by atoms with E-state index < -0.39 is 13.3 Å². The molecule has 0 fully saturated rings. The van der Waals surface area contributed by atoms with Crippen LogP contribution < -0.4 is 10.6 Å².